The second kappa shape index (κ2) is 6.36. The highest BCUT2D eigenvalue weighted by Crippen LogP contribution is 2.27. The van der Waals surface area contributed by atoms with Crippen LogP contribution in [0.1, 0.15) is 25.0 Å². The minimum absolute atomic E-state index is 0.00737. The first-order chi connectivity index (χ1) is 10.0. The number of halogens is 2. The molecular formula is C17H16F2N2. The molecule has 2 rings (SSSR count). The molecule has 0 fully saturated rings. The fourth-order valence-electron chi connectivity index (χ4n) is 2.17. The zero-order chi connectivity index (χ0) is 15.4. The van der Waals surface area contributed by atoms with Crippen molar-refractivity contribution >= 4 is 5.69 Å². The molecule has 0 saturated heterocycles. The molecule has 0 bridgehead atoms. The van der Waals surface area contributed by atoms with Gasteiger partial charge in [0.25, 0.3) is 0 Å². The van der Waals surface area contributed by atoms with Crippen LogP contribution < -0.4 is 4.90 Å². The van der Waals surface area contributed by atoms with Crippen LogP contribution in [0, 0.1) is 23.0 Å². The third kappa shape index (κ3) is 3.19. The van der Waals surface area contributed by atoms with Crippen molar-refractivity contribution in [2.24, 2.45) is 0 Å². The summed E-state index contributed by atoms with van der Waals surface area (Å²) in [6.45, 7) is 4.30. The molecule has 0 heterocycles. The van der Waals surface area contributed by atoms with E-state index in [0.717, 1.165) is 5.56 Å². The van der Waals surface area contributed by atoms with Crippen molar-refractivity contribution in [1.82, 2.24) is 0 Å². The lowest BCUT2D eigenvalue weighted by atomic mass is 10.1. The van der Waals surface area contributed by atoms with Crippen molar-refractivity contribution in [2.45, 2.75) is 26.4 Å². The van der Waals surface area contributed by atoms with Gasteiger partial charge in [-0.2, -0.15) is 5.26 Å². The van der Waals surface area contributed by atoms with E-state index in [2.05, 4.69) is 0 Å². The number of nitriles is 1. The van der Waals surface area contributed by atoms with Gasteiger partial charge in [-0.3, -0.25) is 0 Å². The maximum absolute atomic E-state index is 14.2. The smallest absolute Gasteiger partial charge is 0.183 e. The van der Waals surface area contributed by atoms with E-state index >= 15 is 0 Å². The van der Waals surface area contributed by atoms with Gasteiger partial charge in [-0.25, -0.2) is 8.78 Å². The van der Waals surface area contributed by atoms with Gasteiger partial charge >= 0.3 is 0 Å². The third-order valence-electron chi connectivity index (χ3n) is 3.31. The molecule has 0 aliphatic carbocycles. The standard InChI is InChI=1S/C17H16F2N2/c1-12(2)21(11-13-6-4-3-5-7-13)15-9-8-14(10-20)16(18)17(15)19/h3-9,12H,11H2,1-2H3. The van der Waals surface area contributed by atoms with Gasteiger partial charge < -0.3 is 4.90 Å². The summed E-state index contributed by atoms with van der Waals surface area (Å²) in [5.74, 6) is -2.06. The Morgan fingerprint density at radius 1 is 1.05 bits per heavy atom. The Hall–Kier alpha value is -2.41. The van der Waals surface area contributed by atoms with Crippen LogP contribution in [0.4, 0.5) is 14.5 Å². The normalized spacial score (nSPS) is 10.5. The van der Waals surface area contributed by atoms with Crippen LogP contribution >= 0.6 is 0 Å². The van der Waals surface area contributed by atoms with Crippen LogP contribution in [-0.2, 0) is 6.54 Å². The van der Waals surface area contributed by atoms with E-state index in [1.165, 1.54) is 12.1 Å². The van der Waals surface area contributed by atoms with Crippen molar-refractivity contribution in [3.63, 3.8) is 0 Å². The lowest BCUT2D eigenvalue weighted by Gasteiger charge is -2.29. The van der Waals surface area contributed by atoms with Crippen molar-refractivity contribution in [3.8, 4) is 6.07 Å². The Labute approximate surface area is 123 Å². The van der Waals surface area contributed by atoms with Crippen LogP contribution in [0.3, 0.4) is 0 Å². The van der Waals surface area contributed by atoms with Gasteiger partial charge in [0.1, 0.15) is 6.07 Å². The summed E-state index contributed by atoms with van der Waals surface area (Å²) in [6.07, 6.45) is 0. The van der Waals surface area contributed by atoms with E-state index in [4.69, 9.17) is 5.26 Å². The lowest BCUT2D eigenvalue weighted by molar-refractivity contribution is 0.499. The van der Waals surface area contributed by atoms with Gasteiger partial charge in [0.2, 0.25) is 0 Å². The lowest BCUT2D eigenvalue weighted by Crippen LogP contribution is -2.31. The quantitative estimate of drug-likeness (QED) is 0.840. The van der Waals surface area contributed by atoms with E-state index in [1.807, 2.05) is 44.2 Å². The van der Waals surface area contributed by atoms with Crippen LogP contribution in [0.25, 0.3) is 0 Å². The van der Waals surface area contributed by atoms with Crippen LogP contribution in [0.15, 0.2) is 42.5 Å². The Balaban J connectivity index is 2.40. The van der Waals surface area contributed by atoms with E-state index in [9.17, 15) is 8.78 Å². The fraction of sp³-hybridized carbons (Fsp3) is 0.235. The van der Waals surface area contributed by atoms with E-state index in [1.54, 1.807) is 11.0 Å². The highest BCUT2D eigenvalue weighted by Gasteiger charge is 2.20. The molecule has 0 unspecified atom stereocenters. The molecule has 108 valence electrons. The molecule has 0 aromatic heterocycles. The largest absolute Gasteiger partial charge is 0.362 e. The second-order valence-corrected chi connectivity index (χ2v) is 5.08. The van der Waals surface area contributed by atoms with Gasteiger partial charge in [0, 0.05) is 12.6 Å². The van der Waals surface area contributed by atoms with Crippen molar-refractivity contribution in [1.29, 1.82) is 5.26 Å². The molecule has 4 heteroatoms. The van der Waals surface area contributed by atoms with Gasteiger partial charge in [-0.1, -0.05) is 30.3 Å². The maximum Gasteiger partial charge on any atom is 0.183 e. The van der Waals surface area contributed by atoms with E-state index < -0.39 is 11.6 Å². The van der Waals surface area contributed by atoms with Crippen LogP contribution in [-0.4, -0.2) is 6.04 Å². The molecule has 2 nitrogen and oxygen atoms in total. The Morgan fingerprint density at radius 3 is 2.29 bits per heavy atom. The van der Waals surface area contributed by atoms with Crippen LogP contribution in [0.2, 0.25) is 0 Å². The molecule has 0 spiro atoms. The number of nitrogens with zero attached hydrogens (tertiary/aromatic N) is 2. The first-order valence-electron chi connectivity index (χ1n) is 6.73. The highest BCUT2D eigenvalue weighted by atomic mass is 19.2. The molecular weight excluding hydrogens is 270 g/mol. The highest BCUT2D eigenvalue weighted by molar-refractivity contribution is 5.53. The zero-order valence-electron chi connectivity index (χ0n) is 12.0. The molecule has 0 aliphatic heterocycles. The average Bonchev–Trinajstić information content (AvgIpc) is 2.49. The Bertz CT molecular complexity index is 660. The maximum atomic E-state index is 14.2. The summed E-state index contributed by atoms with van der Waals surface area (Å²) in [7, 11) is 0. The van der Waals surface area contributed by atoms with Gasteiger partial charge in [-0.05, 0) is 31.5 Å². The SMILES string of the molecule is CC(C)N(Cc1ccccc1)c1ccc(C#N)c(F)c1F. The van der Waals surface area contributed by atoms with Crippen molar-refractivity contribution in [2.75, 3.05) is 4.90 Å². The van der Waals surface area contributed by atoms with E-state index in [0.29, 0.717) is 6.54 Å². The molecule has 0 atom stereocenters. The summed E-state index contributed by atoms with van der Waals surface area (Å²) < 4.78 is 28.0. The molecule has 2 aromatic carbocycles. The predicted molar refractivity (Wildman–Crippen MR) is 78.8 cm³/mol. The topological polar surface area (TPSA) is 27.0 Å². The van der Waals surface area contributed by atoms with Gasteiger partial charge in [-0.15, -0.1) is 0 Å². The first-order valence-corrected chi connectivity index (χ1v) is 6.73. The zero-order valence-corrected chi connectivity index (χ0v) is 12.0. The number of anilines is 1. The summed E-state index contributed by atoms with van der Waals surface area (Å²) in [5, 5.41) is 8.75. The second-order valence-electron chi connectivity index (χ2n) is 5.08. The molecule has 0 aliphatic rings. The molecule has 0 radical (unpaired) electrons. The van der Waals surface area contributed by atoms with Crippen molar-refractivity contribution in [3.05, 3.63) is 65.2 Å². The van der Waals surface area contributed by atoms with Gasteiger partial charge in [0.15, 0.2) is 11.6 Å². The van der Waals surface area contributed by atoms with Crippen LogP contribution in [0.5, 0.6) is 0 Å². The Kier molecular flexibility index (Phi) is 4.54. The summed E-state index contributed by atoms with van der Waals surface area (Å²) in [6, 6.07) is 14.0. The number of hydrogen-bond acceptors (Lipinski definition) is 2. The molecule has 0 amide bonds. The summed E-state index contributed by atoms with van der Waals surface area (Å²) in [5.41, 5.74) is 0.903. The first kappa shape index (κ1) is 15.0. The average molecular weight is 286 g/mol. The fourth-order valence-corrected chi connectivity index (χ4v) is 2.17. The number of benzene rings is 2. The number of hydrogen-bond donors (Lipinski definition) is 0. The third-order valence-corrected chi connectivity index (χ3v) is 3.31. The predicted octanol–water partition coefficient (Wildman–Crippen LogP) is 4.25. The molecule has 0 saturated carbocycles. The minimum Gasteiger partial charge on any atom is -0.362 e. The summed E-state index contributed by atoms with van der Waals surface area (Å²) >= 11 is 0. The molecule has 0 N–H and O–H groups in total. The summed E-state index contributed by atoms with van der Waals surface area (Å²) in [4.78, 5) is 1.77. The minimum atomic E-state index is -1.09. The molecule has 2 aromatic rings. The monoisotopic (exact) mass is 286 g/mol. The van der Waals surface area contributed by atoms with E-state index in [-0.39, 0.29) is 17.3 Å². The molecule has 21 heavy (non-hydrogen) atoms. The number of rotatable bonds is 4. The van der Waals surface area contributed by atoms with Gasteiger partial charge in [0.05, 0.1) is 11.3 Å². The Morgan fingerprint density at radius 2 is 1.71 bits per heavy atom. The van der Waals surface area contributed by atoms with Crippen molar-refractivity contribution < 1.29 is 8.78 Å².